The number of rotatable bonds is 5. The van der Waals surface area contributed by atoms with E-state index in [1.54, 1.807) is 36.5 Å². The molecule has 218 valence electrons. The number of amides is 5. The zero-order chi connectivity index (χ0) is 30.4. The minimum Gasteiger partial charge on any atom is -0.322 e. The van der Waals surface area contributed by atoms with Gasteiger partial charge in [0.25, 0.3) is 17.7 Å². The van der Waals surface area contributed by atoms with Gasteiger partial charge in [-0.05, 0) is 99.6 Å². The van der Waals surface area contributed by atoms with Gasteiger partial charge in [0.1, 0.15) is 10.6 Å². The number of para-hydroxylation sites is 1. The van der Waals surface area contributed by atoms with Gasteiger partial charge in [-0.2, -0.15) is 0 Å². The van der Waals surface area contributed by atoms with E-state index in [-0.39, 0.29) is 11.5 Å². The lowest BCUT2D eigenvalue weighted by Crippen LogP contribution is -2.54. The Hall–Kier alpha value is -4.47. The maximum absolute atomic E-state index is 13.8. The van der Waals surface area contributed by atoms with Crippen LogP contribution >= 0.6 is 22.9 Å². The number of fused-ring (bicyclic) bond motifs is 1. The Bertz CT molecular complexity index is 1850. The number of nitrogens with one attached hydrogen (secondary N) is 2. The summed E-state index contributed by atoms with van der Waals surface area (Å²) in [7, 11) is 0. The van der Waals surface area contributed by atoms with Crippen LogP contribution in [-0.2, 0) is 22.4 Å². The molecule has 10 heteroatoms. The van der Waals surface area contributed by atoms with Crippen LogP contribution in [0.1, 0.15) is 56.2 Å². The molecule has 43 heavy (non-hydrogen) atoms. The van der Waals surface area contributed by atoms with Crippen molar-refractivity contribution in [3.63, 3.8) is 0 Å². The van der Waals surface area contributed by atoms with Gasteiger partial charge in [-0.1, -0.05) is 35.9 Å². The number of halogens is 1. The molecule has 0 bridgehead atoms. The Morgan fingerprint density at radius 3 is 2.51 bits per heavy atom. The van der Waals surface area contributed by atoms with E-state index in [2.05, 4.69) is 10.6 Å². The molecular weight excluding hydrogens is 584 g/mol. The van der Waals surface area contributed by atoms with Crippen LogP contribution in [0.5, 0.6) is 0 Å². The molecule has 5 amide bonds. The number of aromatic nitrogens is 1. The topological polar surface area (TPSA) is 101 Å². The summed E-state index contributed by atoms with van der Waals surface area (Å²) >= 11 is 7.87. The Balaban J connectivity index is 1.42. The predicted octanol–water partition coefficient (Wildman–Crippen LogP) is 6.91. The molecule has 1 fully saturated rings. The van der Waals surface area contributed by atoms with Crippen LogP contribution in [0, 0.1) is 20.8 Å². The average Bonchev–Trinajstić information content (AvgIpc) is 3.49. The summed E-state index contributed by atoms with van der Waals surface area (Å²) in [4.78, 5) is 55.2. The van der Waals surface area contributed by atoms with Crippen molar-refractivity contribution < 1.29 is 19.2 Å². The van der Waals surface area contributed by atoms with Crippen molar-refractivity contribution in [3.8, 4) is 5.00 Å². The van der Waals surface area contributed by atoms with Gasteiger partial charge in [0.15, 0.2) is 0 Å². The normalized spacial score (nSPS) is 16.0. The van der Waals surface area contributed by atoms with E-state index in [9.17, 15) is 19.2 Å². The highest BCUT2D eigenvalue weighted by molar-refractivity contribution is 7.15. The summed E-state index contributed by atoms with van der Waals surface area (Å²) < 4.78 is 2.02. The molecule has 6 rings (SSSR count). The second-order valence-corrected chi connectivity index (χ2v) is 12.2. The number of nitrogens with zero attached hydrogens (tertiary/aromatic N) is 2. The number of carbonyl (C=O) groups excluding carboxylic acids is 4. The number of anilines is 2. The first-order chi connectivity index (χ1) is 20.7. The maximum atomic E-state index is 13.8. The molecule has 1 aliphatic carbocycles. The van der Waals surface area contributed by atoms with Crippen LogP contribution in [0.2, 0.25) is 5.02 Å². The minimum atomic E-state index is -0.832. The molecule has 2 N–H and O–H groups in total. The van der Waals surface area contributed by atoms with Gasteiger partial charge in [0, 0.05) is 27.0 Å². The number of hydrogen-bond acceptors (Lipinski definition) is 5. The van der Waals surface area contributed by atoms with Crippen molar-refractivity contribution in [1.29, 1.82) is 0 Å². The van der Waals surface area contributed by atoms with Crippen molar-refractivity contribution >= 4 is 64.1 Å². The monoisotopic (exact) mass is 612 g/mol. The van der Waals surface area contributed by atoms with Gasteiger partial charge in [0.2, 0.25) is 0 Å². The van der Waals surface area contributed by atoms with Crippen LogP contribution in [0.15, 0.2) is 60.2 Å². The molecule has 0 saturated carbocycles. The molecule has 2 aromatic heterocycles. The fourth-order valence-electron chi connectivity index (χ4n) is 5.77. The van der Waals surface area contributed by atoms with E-state index in [0.29, 0.717) is 27.4 Å². The molecule has 0 unspecified atom stereocenters. The Morgan fingerprint density at radius 1 is 1.00 bits per heavy atom. The quantitative estimate of drug-likeness (QED) is 0.189. The number of barbiturate groups is 1. The van der Waals surface area contributed by atoms with Crippen molar-refractivity contribution in [2.75, 3.05) is 10.2 Å². The third-order valence-corrected chi connectivity index (χ3v) is 9.65. The molecule has 4 aromatic rings. The van der Waals surface area contributed by atoms with E-state index >= 15 is 0 Å². The molecule has 0 radical (unpaired) electrons. The first-order valence-electron chi connectivity index (χ1n) is 14.0. The van der Waals surface area contributed by atoms with E-state index in [1.807, 2.05) is 54.8 Å². The van der Waals surface area contributed by atoms with E-state index < -0.39 is 17.8 Å². The van der Waals surface area contributed by atoms with Gasteiger partial charge in [0.05, 0.1) is 11.3 Å². The number of imide groups is 2. The summed E-state index contributed by atoms with van der Waals surface area (Å²) in [5.74, 6) is -1.68. The molecule has 1 saturated heterocycles. The fourth-order valence-corrected chi connectivity index (χ4v) is 7.44. The fraction of sp³-hybridized carbons (Fsp3) is 0.212. The second-order valence-electron chi connectivity index (χ2n) is 10.7. The minimum absolute atomic E-state index is 0.166. The zero-order valence-corrected chi connectivity index (χ0v) is 25.5. The second kappa shape index (κ2) is 11.3. The smallest absolute Gasteiger partial charge is 0.322 e. The number of hydrogen-bond donors (Lipinski definition) is 2. The summed E-state index contributed by atoms with van der Waals surface area (Å²) in [5.41, 5.74) is 5.38. The van der Waals surface area contributed by atoms with Crippen molar-refractivity contribution in [2.45, 2.75) is 46.5 Å². The lowest BCUT2D eigenvalue weighted by molar-refractivity contribution is -0.122. The van der Waals surface area contributed by atoms with Crippen LogP contribution in [-0.4, -0.2) is 28.3 Å². The molecule has 1 aliphatic heterocycles. The molecule has 3 heterocycles. The van der Waals surface area contributed by atoms with E-state index in [0.717, 1.165) is 58.2 Å². The Kier molecular flexibility index (Phi) is 7.54. The van der Waals surface area contributed by atoms with Crippen molar-refractivity contribution in [2.24, 2.45) is 0 Å². The van der Waals surface area contributed by atoms with Gasteiger partial charge >= 0.3 is 6.03 Å². The highest BCUT2D eigenvalue weighted by atomic mass is 35.5. The molecule has 0 spiro atoms. The number of aryl methyl sites for hydroxylation is 2. The standard InChI is InChI=1S/C33H29ClN4O4S/c1-18-16-21(17-24-29(39)36-33(42)38(31(24)41)26-14-9-13-25(34)19(26)2)20(3)37(18)32-28(23-12-7-8-15-27(23)43-32)30(40)35-22-10-5-4-6-11-22/h4-6,9-11,13-14,16-17H,7-8,12,15H2,1-3H3,(H,35,40)(H,36,39,42)/b24-17+. The summed E-state index contributed by atoms with van der Waals surface area (Å²) in [6.45, 7) is 5.53. The van der Waals surface area contributed by atoms with Gasteiger partial charge < -0.3 is 9.88 Å². The third-order valence-electron chi connectivity index (χ3n) is 7.97. The van der Waals surface area contributed by atoms with Gasteiger partial charge in [-0.15, -0.1) is 11.3 Å². The molecule has 2 aromatic carbocycles. The lowest BCUT2D eigenvalue weighted by Gasteiger charge is -2.27. The van der Waals surface area contributed by atoms with Crippen LogP contribution < -0.4 is 15.5 Å². The zero-order valence-electron chi connectivity index (χ0n) is 23.9. The predicted molar refractivity (Wildman–Crippen MR) is 169 cm³/mol. The number of thiophene rings is 1. The average molecular weight is 613 g/mol. The number of benzene rings is 2. The van der Waals surface area contributed by atoms with Crippen molar-refractivity contribution in [1.82, 2.24) is 9.88 Å². The third kappa shape index (κ3) is 5.08. The van der Waals surface area contributed by atoms with Crippen molar-refractivity contribution in [3.05, 3.63) is 104 Å². The Morgan fingerprint density at radius 2 is 1.74 bits per heavy atom. The first kappa shape index (κ1) is 28.6. The van der Waals surface area contributed by atoms with Gasteiger partial charge in [-0.25, -0.2) is 9.69 Å². The molecule has 8 nitrogen and oxygen atoms in total. The molecular formula is C33H29ClN4O4S. The largest absolute Gasteiger partial charge is 0.335 e. The molecule has 0 atom stereocenters. The van der Waals surface area contributed by atoms with Crippen LogP contribution in [0.4, 0.5) is 16.2 Å². The number of carbonyl (C=O) groups is 4. The lowest BCUT2D eigenvalue weighted by atomic mass is 9.95. The highest BCUT2D eigenvalue weighted by Gasteiger charge is 2.38. The maximum Gasteiger partial charge on any atom is 0.335 e. The van der Waals surface area contributed by atoms with E-state index in [4.69, 9.17) is 11.6 Å². The number of urea groups is 1. The summed E-state index contributed by atoms with van der Waals surface area (Å²) in [6, 6.07) is 15.3. The SMILES string of the molecule is Cc1c(Cl)cccc1N1C(=O)NC(=O)/C(=C\c2cc(C)n(-c3sc4c(c3C(=O)Nc3ccccc3)CCCC4)c2C)C1=O. The first-order valence-corrected chi connectivity index (χ1v) is 15.2. The van der Waals surface area contributed by atoms with Crippen LogP contribution in [0.3, 0.4) is 0 Å². The highest BCUT2D eigenvalue weighted by Crippen LogP contribution is 2.39. The Labute approximate surface area is 258 Å². The van der Waals surface area contributed by atoms with Crippen LogP contribution in [0.25, 0.3) is 11.1 Å². The molecule has 2 aliphatic rings. The summed E-state index contributed by atoms with van der Waals surface area (Å²) in [6.07, 6.45) is 5.36. The van der Waals surface area contributed by atoms with Gasteiger partial charge in [-0.3, -0.25) is 19.7 Å². The van der Waals surface area contributed by atoms with E-state index in [1.165, 1.54) is 11.0 Å². The summed E-state index contributed by atoms with van der Waals surface area (Å²) in [5, 5.41) is 6.55.